The summed E-state index contributed by atoms with van der Waals surface area (Å²) in [5.74, 6) is -0.974. The fourth-order valence-electron chi connectivity index (χ4n) is 4.18. The third-order valence-electron chi connectivity index (χ3n) is 5.88. The second-order valence-corrected chi connectivity index (χ2v) is 9.33. The number of hydrogen-bond donors (Lipinski definition) is 2. The first-order valence-corrected chi connectivity index (χ1v) is 12.3. The SMILES string of the molecule is O=C(NCC(=O)N(Cc1cccs1)[C@H](C(=O)NC1CCCCC1)c1cccnc1)c1ccco1. The summed E-state index contributed by atoms with van der Waals surface area (Å²) in [6, 6.07) is 9.74. The number of aromatic nitrogens is 1. The van der Waals surface area contributed by atoms with Gasteiger partial charge in [-0.05, 0) is 42.5 Å². The number of amides is 3. The van der Waals surface area contributed by atoms with Crippen LogP contribution in [0.1, 0.15) is 59.1 Å². The highest BCUT2D eigenvalue weighted by molar-refractivity contribution is 7.09. The Morgan fingerprint density at radius 3 is 2.65 bits per heavy atom. The zero-order chi connectivity index (χ0) is 23.8. The minimum Gasteiger partial charge on any atom is -0.459 e. The highest BCUT2D eigenvalue weighted by Gasteiger charge is 2.33. The average molecular weight is 481 g/mol. The van der Waals surface area contributed by atoms with Gasteiger partial charge in [0.1, 0.15) is 6.04 Å². The normalized spacial score (nSPS) is 14.8. The molecule has 0 aromatic carbocycles. The quantitative estimate of drug-likeness (QED) is 0.486. The maximum absolute atomic E-state index is 13.6. The number of furan rings is 1. The Hall–Kier alpha value is -3.46. The van der Waals surface area contributed by atoms with Gasteiger partial charge in [-0.1, -0.05) is 31.4 Å². The van der Waals surface area contributed by atoms with Crippen LogP contribution in [0.3, 0.4) is 0 Å². The molecule has 2 N–H and O–H groups in total. The third-order valence-corrected chi connectivity index (χ3v) is 6.74. The molecule has 9 heteroatoms. The lowest BCUT2D eigenvalue weighted by Crippen LogP contribution is -2.49. The van der Waals surface area contributed by atoms with E-state index in [-0.39, 0.29) is 36.7 Å². The lowest BCUT2D eigenvalue weighted by molar-refractivity contribution is -0.141. The third kappa shape index (κ3) is 6.11. The summed E-state index contributed by atoms with van der Waals surface area (Å²) in [4.78, 5) is 46.0. The summed E-state index contributed by atoms with van der Waals surface area (Å²) >= 11 is 1.51. The van der Waals surface area contributed by atoms with Crippen molar-refractivity contribution >= 4 is 29.1 Å². The Morgan fingerprint density at radius 1 is 1.12 bits per heavy atom. The molecule has 1 aliphatic rings. The Balaban J connectivity index is 1.58. The van der Waals surface area contributed by atoms with Gasteiger partial charge in [0.05, 0.1) is 19.4 Å². The second-order valence-electron chi connectivity index (χ2n) is 8.29. The van der Waals surface area contributed by atoms with Gasteiger partial charge in [0.25, 0.3) is 5.91 Å². The zero-order valence-corrected chi connectivity index (χ0v) is 19.6. The fraction of sp³-hybridized carbons (Fsp3) is 0.360. The van der Waals surface area contributed by atoms with E-state index in [1.165, 1.54) is 35.0 Å². The Kier molecular flexibility index (Phi) is 8.08. The largest absolute Gasteiger partial charge is 0.459 e. The van der Waals surface area contributed by atoms with Gasteiger partial charge in [-0.3, -0.25) is 19.4 Å². The minimum atomic E-state index is -0.870. The van der Waals surface area contributed by atoms with Gasteiger partial charge >= 0.3 is 0 Å². The van der Waals surface area contributed by atoms with Crippen LogP contribution in [-0.2, 0) is 16.1 Å². The molecule has 4 rings (SSSR count). The van der Waals surface area contributed by atoms with Gasteiger partial charge in [0.15, 0.2) is 5.76 Å². The number of nitrogens with zero attached hydrogens (tertiary/aromatic N) is 2. The number of pyridine rings is 1. The van der Waals surface area contributed by atoms with E-state index in [1.807, 2.05) is 17.5 Å². The lowest BCUT2D eigenvalue weighted by atomic mass is 9.95. The van der Waals surface area contributed by atoms with Crippen LogP contribution in [0.2, 0.25) is 0 Å². The smallest absolute Gasteiger partial charge is 0.287 e. The van der Waals surface area contributed by atoms with Crippen molar-refractivity contribution in [2.75, 3.05) is 6.54 Å². The van der Waals surface area contributed by atoms with E-state index in [9.17, 15) is 14.4 Å². The van der Waals surface area contributed by atoms with Crippen molar-refractivity contribution in [2.24, 2.45) is 0 Å². The molecule has 1 saturated carbocycles. The molecular formula is C25H28N4O4S. The van der Waals surface area contributed by atoms with E-state index in [4.69, 9.17) is 4.42 Å². The number of carbonyl (C=O) groups excluding carboxylic acids is 3. The summed E-state index contributed by atoms with van der Waals surface area (Å²) in [6.07, 6.45) is 9.85. The Labute approximate surface area is 202 Å². The summed E-state index contributed by atoms with van der Waals surface area (Å²) in [5.41, 5.74) is 0.623. The first-order chi connectivity index (χ1) is 16.6. The fourth-order valence-corrected chi connectivity index (χ4v) is 4.89. The predicted molar refractivity (Wildman–Crippen MR) is 128 cm³/mol. The molecule has 1 atom stereocenters. The topological polar surface area (TPSA) is 105 Å². The summed E-state index contributed by atoms with van der Waals surface area (Å²) in [5, 5.41) is 7.69. The highest BCUT2D eigenvalue weighted by atomic mass is 32.1. The van der Waals surface area contributed by atoms with Crippen molar-refractivity contribution in [3.05, 3.63) is 76.6 Å². The number of nitrogens with one attached hydrogen (secondary N) is 2. The molecule has 34 heavy (non-hydrogen) atoms. The van der Waals surface area contributed by atoms with E-state index < -0.39 is 11.9 Å². The molecule has 3 heterocycles. The maximum Gasteiger partial charge on any atom is 0.287 e. The molecule has 0 saturated heterocycles. The molecule has 0 bridgehead atoms. The number of hydrogen-bond acceptors (Lipinski definition) is 6. The molecule has 0 radical (unpaired) electrons. The molecule has 0 unspecified atom stereocenters. The molecule has 178 valence electrons. The van der Waals surface area contributed by atoms with Crippen LogP contribution in [0.4, 0.5) is 0 Å². The predicted octanol–water partition coefficient (Wildman–Crippen LogP) is 3.68. The van der Waals surface area contributed by atoms with Gasteiger partial charge in [0.2, 0.25) is 11.8 Å². The van der Waals surface area contributed by atoms with E-state index in [1.54, 1.807) is 30.6 Å². The van der Waals surface area contributed by atoms with Crippen LogP contribution >= 0.6 is 11.3 Å². The van der Waals surface area contributed by atoms with Gasteiger partial charge in [0, 0.05) is 28.9 Å². The molecule has 1 fully saturated rings. The Morgan fingerprint density at radius 2 is 1.97 bits per heavy atom. The first-order valence-electron chi connectivity index (χ1n) is 11.5. The molecule has 3 aromatic heterocycles. The van der Waals surface area contributed by atoms with Crippen molar-refractivity contribution in [1.29, 1.82) is 0 Å². The van der Waals surface area contributed by atoms with Crippen LogP contribution in [-0.4, -0.2) is 40.2 Å². The van der Waals surface area contributed by atoms with E-state index >= 15 is 0 Å². The maximum atomic E-state index is 13.6. The summed E-state index contributed by atoms with van der Waals surface area (Å²) < 4.78 is 5.11. The van der Waals surface area contributed by atoms with Crippen molar-refractivity contribution < 1.29 is 18.8 Å². The second kappa shape index (κ2) is 11.6. The van der Waals surface area contributed by atoms with Gasteiger partial charge < -0.3 is 20.0 Å². The lowest BCUT2D eigenvalue weighted by Gasteiger charge is -2.33. The molecule has 3 amide bonds. The van der Waals surface area contributed by atoms with Crippen molar-refractivity contribution in [3.8, 4) is 0 Å². The van der Waals surface area contributed by atoms with Gasteiger partial charge in [-0.15, -0.1) is 11.3 Å². The number of carbonyl (C=O) groups is 3. The molecular weight excluding hydrogens is 452 g/mol. The average Bonchev–Trinajstić information content (AvgIpc) is 3.58. The van der Waals surface area contributed by atoms with Gasteiger partial charge in [-0.25, -0.2) is 0 Å². The van der Waals surface area contributed by atoms with Crippen LogP contribution in [0, 0.1) is 0 Å². The number of thiophene rings is 1. The van der Waals surface area contributed by atoms with Gasteiger partial charge in [-0.2, -0.15) is 0 Å². The standard InChI is InChI=1S/C25H28N4O4S/c30-22(16-27-24(31)21-11-5-13-33-21)29(17-20-10-6-14-34-20)23(18-7-4-12-26-15-18)25(32)28-19-8-2-1-3-9-19/h4-7,10-15,19,23H,1-3,8-9,16-17H2,(H,27,31)(H,28,32)/t23-/m0/s1. The summed E-state index contributed by atoms with van der Waals surface area (Å²) in [6.45, 7) is -0.0247. The zero-order valence-electron chi connectivity index (χ0n) is 18.8. The molecule has 3 aromatic rings. The van der Waals surface area contributed by atoms with Crippen LogP contribution in [0.25, 0.3) is 0 Å². The van der Waals surface area contributed by atoms with Crippen molar-refractivity contribution in [1.82, 2.24) is 20.5 Å². The Bertz CT molecular complexity index is 1060. The van der Waals surface area contributed by atoms with Crippen LogP contribution in [0.15, 0.2) is 64.9 Å². The molecule has 1 aliphatic carbocycles. The monoisotopic (exact) mass is 480 g/mol. The van der Waals surface area contributed by atoms with Crippen LogP contribution in [0.5, 0.6) is 0 Å². The van der Waals surface area contributed by atoms with E-state index in [0.717, 1.165) is 30.6 Å². The number of rotatable bonds is 9. The van der Waals surface area contributed by atoms with Crippen molar-refractivity contribution in [2.45, 2.75) is 50.7 Å². The molecule has 8 nitrogen and oxygen atoms in total. The highest BCUT2D eigenvalue weighted by Crippen LogP contribution is 2.26. The minimum absolute atomic E-state index is 0.0952. The van der Waals surface area contributed by atoms with Crippen LogP contribution < -0.4 is 10.6 Å². The molecule has 0 spiro atoms. The van der Waals surface area contributed by atoms with Crippen molar-refractivity contribution in [3.63, 3.8) is 0 Å². The molecule has 0 aliphatic heterocycles. The first kappa shape index (κ1) is 23.7. The van der Waals surface area contributed by atoms with E-state index in [2.05, 4.69) is 15.6 Å². The van der Waals surface area contributed by atoms with E-state index in [0.29, 0.717) is 5.56 Å². The summed E-state index contributed by atoms with van der Waals surface area (Å²) in [7, 11) is 0.